The molecule has 1 nitrogen and oxygen atoms in total. The largest absolute Gasteiger partial charge is 0.384 e. The number of anilines is 1. The molecule has 0 saturated carbocycles. The first-order chi connectivity index (χ1) is 7.18. The molecule has 0 amide bonds. The fourth-order valence-corrected chi connectivity index (χ4v) is 2.93. The Morgan fingerprint density at radius 3 is 3.00 bits per heavy atom. The minimum absolute atomic E-state index is 0.735. The second-order valence-corrected chi connectivity index (χ2v) is 5.60. The summed E-state index contributed by atoms with van der Waals surface area (Å²) in [5.41, 5.74) is 2.80. The van der Waals surface area contributed by atoms with Gasteiger partial charge in [-0.05, 0) is 52.2 Å². The number of hydrogen-bond acceptors (Lipinski definition) is 1. The molecule has 1 unspecified atom stereocenters. The van der Waals surface area contributed by atoms with E-state index in [1.54, 1.807) is 0 Å². The zero-order chi connectivity index (χ0) is 10.8. The van der Waals surface area contributed by atoms with Crippen LogP contribution in [0, 0.1) is 5.92 Å². The average molecular weight is 268 g/mol. The third kappa shape index (κ3) is 2.36. The molecule has 0 fully saturated rings. The third-order valence-electron chi connectivity index (χ3n) is 3.04. The van der Waals surface area contributed by atoms with Crippen molar-refractivity contribution in [3.05, 3.63) is 28.2 Å². The molecule has 0 aromatic heterocycles. The third-order valence-corrected chi connectivity index (χ3v) is 3.70. The molecule has 1 N–H and O–H groups in total. The van der Waals surface area contributed by atoms with Crippen molar-refractivity contribution in [2.45, 2.75) is 32.6 Å². The molecule has 0 saturated heterocycles. The Bertz CT molecular complexity index is 346. The Morgan fingerprint density at radius 1 is 1.47 bits per heavy atom. The van der Waals surface area contributed by atoms with Crippen molar-refractivity contribution in [2.24, 2.45) is 5.92 Å². The van der Waals surface area contributed by atoms with Gasteiger partial charge in [-0.1, -0.05) is 26.0 Å². The topological polar surface area (TPSA) is 12.0 Å². The molecule has 1 aliphatic heterocycles. The number of hydrogen-bond donors (Lipinski definition) is 1. The van der Waals surface area contributed by atoms with Crippen molar-refractivity contribution in [1.29, 1.82) is 0 Å². The number of rotatable bonds is 2. The van der Waals surface area contributed by atoms with Gasteiger partial charge in [-0.15, -0.1) is 0 Å². The Hall–Kier alpha value is -0.500. The van der Waals surface area contributed by atoms with E-state index < -0.39 is 0 Å². The van der Waals surface area contributed by atoms with Gasteiger partial charge in [0.25, 0.3) is 0 Å². The standard InChI is InChI=1S/C13H18BrN/c1-9(2)8-10-6-7-15-13-11(10)4-3-5-12(13)14/h3-5,9-10,15H,6-8H2,1-2H3. The monoisotopic (exact) mass is 267 g/mol. The minimum atomic E-state index is 0.735. The van der Waals surface area contributed by atoms with Crippen LogP contribution in [0.4, 0.5) is 5.69 Å². The lowest BCUT2D eigenvalue weighted by Crippen LogP contribution is -2.18. The summed E-state index contributed by atoms with van der Waals surface area (Å²) in [6, 6.07) is 6.52. The predicted molar refractivity (Wildman–Crippen MR) is 69.4 cm³/mol. The van der Waals surface area contributed by atoms with Crippen LogP contribution in [0.25, 0.3) is 0 Å². The second kappa shape index (κ2) is 4.56. The first kappa shape index (κ1) is 11.0. The van der Waals surface area contributed by atoms with Gasteiger partial charge >= 0.3 is 0 Å². The van der Waals surface area contributed by atoms with Crippen LogP contribution in [0.2, 0.25) is 0 Å². The summed E-state index contributed by atoms with van der Waals surface area (Å²) < 4.78 is 1.20. The normalized spacial score (nSPS) is 19.9. The molecule has 0 radical (unpaired) electrons. The van der Waals surface area contributed by atoms with E-state index in [-0.39, 0.29) is 0 Å². The first-order valence-electron chi connectivity index (χ1n) is 5.70. The lowest BCUT2D eigenvalue weighted by Gasteiger charge is -2.28. The summed E-state index contributed by atoms with van der Waals surface area (Å²) in [5, 5.41) is 3.49. The van der Waals surface area contributed by atoms with Gasteiger partial charge in [0.2, 0.25) is 0 Å². The van der Waals surface area contributed by atoms with E-state index in [9.17, 15) is 0 Å². The van der Waals surface area contributed by atoms with E-state index in [2.05, 4.69) is 53.3 Å². The van der Waals surface area contributed by atoms with Crippen molar-refractivity contribution in [2.75, 3.05) is 11.9 Å². The molecule has 1 aromatic rings. The van der Waals surface area contributed by atoms with E-state index in [1.165, 1.54) is 28.6 Å². The Kier molecular flexibility index (Phi) is 3.35. The number of fused-ring (bicyclic) bond motifs is 1. The van der Waals surface area contributed by atoms with Gasteiger partial charge in [-0.2, -0.15) is 0 Å². The van der Waals surface area contributed by atoms with E-state index in [1.807, 2.05) is 0 Å². The Labute approximate surface area is 100 Å². The Balaban J connectivity index is 2.30. The maximum absolute atomic E-state index is 3.61. The fourth-order valence-electron chi connectivity index (χ4n) is 2.41. The maximum Gasteiger partial charge on any atom is 0.0520 e. The molecule has 2 rings (SSSR count). The second-order valence-electron chi connectivity index (χ2n) is 4.75. The van der Waals surface area contributed by atoms with Crippen molar-refractivity contribution < 1.29 is 0 Å². The summed E-state index contributed by atoms with van der Waals surface area (Å²) in [6.45, 7) is 5.71. The summed E-state index contributed by atoms with van der Waals surface area (Å²) in [6.07, 6.45) is 2.56. The van der Waals surface area contributed by atoms with Crippen LogP contribution >= 0.6 is 15.9 Å². The number of para-hydroxylation sites is 1. The van der Waals surface area contributed by atoms with Gasteiger partial charge in [-0.3, -0.25) is 0 Å². The van der Waals surface area contributed by atoms with Crippen LogP contribution in [0.3, 0.4) is 0 Å². The van der Waals surface area contributed by atoms with Crippen LogP contribution in [0.1, 0.15) is 38.2 Å². The first-order valence-corrected chi connectivity index (χ1v) is 6.50. The highest BCUT2D eigenvalue weighted by Gasteiger charge is 2.21. The van der Waals surface area contributed by atoms with Gasteiger partial charge in [0.05, 0.1) is 5.69 Å². The summed E-state index contributed by atoms with van der Waals surface area (Å²) in [7, 11) is 0. The summed E-state index contributed by atoms with van der Waals surface area (Å²) in [5.74, 6) is 1.51. The number of nitrogens with one attached hydrogen (secondary N) is 1. The highest BCUT2D eigenvalue weighted by molar-refractivity contribution is 9.10. The lowest BCUT2D eigenvalue weighted by atomic mass is 9.85. The van der Waals surface area contributed by atoms with Gasteiger partial charge in [0.1, 0.15) is 0 Å². The van der Waals surface area contributed by atoms with Gasteiger partial charge in [0, 0.05) is 11.0 Å². The number of halogens is 1. The van der Waals surface area contributed by atoms with Crippen molar-refractivity contribution in [3.63, 3.8) is 0 Å². The molecule has 1 atom stereocenters. The number of benzene rings is 1. The van der Waals surface area contributed by atoms with Gasteiger partial charge in [0.15, 0.2) is 0 Å². The molecule has 1 heterocycles. The molecule has 0 spiro atoms. The van der Waals surface area contributed by atoms with E-state index in [0.29, 0.717) is 0 Å². The molecule has 82 valence electrons. The highest BCUT2D eigenvalue weighted by atomic mass is 79.9. The van der Waals surface area contributed by atoms with Crippen LogP contribution in [-0.2, 0) is 0 Å². The molecule has 0 aliphatic carbocycles. The molecular weight excluding hydrogens is 250 g/mol. The minimum Gasteiger partial charge on any atom is -0.384 e. The molecule has 2 heteroatoms. The van der Waals surface area contributed by atoms with E-state index in [4.69, 9.17) is 0 Å². The molecule has 1 aromatic carbocycles. The van der Waals surface area contributed by atoms with Gasteiger partial charge in [-0.25, -0.2) is 0 Å². The summed E-state index contributed by atoms with van der Waals surface area (Å²) >= 11 is 3.61. The van der Waals surface area contributed by atoms with Crippen molar-refractivity contribution >= 4 is 21.6 Å². The smallest absolute Gasteiger partial charge is 0.0520 e. The Morgan fingerprint density at radius 2 is 2.27 bits per heavy atom. The highest BCUT2D eigenvalue weighted by Crippen LogP contribution is 2.39. The summed E-state index contributed by atoms with van der Waals surface area (Å²) in [4.78, 5) is 0. The van der Waals surface area contributed by atoms with Crippen molar-refractivity contribution in [1.82, 2.24) is 0 Å². The quantitative estimate of drug-likeness (QED) is 0.838. The molecular formula is C13H18BrN. The zero-order valence-electron chi connectivity index (χ0n) is 9.39. The van der Waals surface area contributed by atoms with Crippen LogP contribution in [-0.4, -0.2) is 6.54 Å². The van der Waals surface area contributed by atoms with Crippen LogP contribution in [0.5, 0.6) is 0 Å². The predicted octanol–water partition coefficient (Wildman–Crippen LogP) is 4.39. The van der Waals surface area contributed by atoms with E-state index >= 15 is 0 Å². The van der Waals surface area contributed by atoms with Crippen molar-refractivity contribution in [3.8, 4) is 0 Å². The average Bonchev–Trinajstić information content (AvgIpc) is 2.19. The van der Waals surface area contributed by atoms with Gasteiger partial charge < -0.3 is 5.32 Å². The molecule has 15 heavy (non-hydrogen) atoms. The lowest BCUT2D eigenvalue weighted by molar-refractivity contribution is 0.477. The molecule has 1 aliphatic rings. The maximum atomic E-state index is 3.61. The SMILES string of the molecule is CC(C)CC1CCNc2c(Br)cccc21. The van der Waals surface area contributed by atoms with E-state index in [0.717, 1.165) is 18.4 Å². The molecule has 0 bridgehead atoms. The van der Waals surface area contributed by atoms with Crippen LogP contribution in [0.15, 0.2) is 22.7 Å². The van der Waals surface area contributed by atoms with Crippen LogP contribution < -0.4 is 5.32 Å². The fraction of sp³-hybridized carbons (Fsp3) is 0.538. The zero-order valence-corrected chi connectivity index (χ0v) is 11.0.